The van der Waals surface area contributed by atoms with E-state index in [0.717, 1.165) is 32.9 Å². The van der Waals surface area contributed by atoms with Crippen molar-refractivity contribution in [3.05, 3.63) is 96.2 Å². The number of azo groups is 1. The number of alkyl halides is 1. The van der Waals surface area contributed by atoms with Crippen LogP contribution in [0.25, 0.3) is 21.5 Å². The van der Waals surface area contributed by atoms with E-state index >= 15 is 0 Å². The van der Waals surface area contributed by atoms with Crippen LogP contribution in [0.15, 0.2) is 101 Å². The lowest BCUT2D eigenvalue weighted by Crippen LogP contribution is -2.04. The van der Waals surface area contributed by atoms with Crippen LogP contribution in [-0.2, 0) is 9.53 Å². The van der Waals surface area contributed by atoms with Crippen LogP contribution in [0.2, 0.25) is 0 Å². The lowest BCUT2D eigenvalue weighted by Gasteiger charge is -2.09. The minimum Gasteiger partial charge on any atom is -0.494 e. The van der Waals surface area contributed by atoms with Crippen molar-refractivity contribution in [2.75, 3.05) is 13.7 Å². The molecular formula is C27H23ClN2O3. The zero-order chi connectivity index (χ0) is 23.2. The number of fused-ring (bicyclic) bond motifs is 2. The summed E-state index contributed by atoms with van der Waals surface area (Å²) in [7, 11) is 1.30. The van der Waals surface area contributed by atoms with E-state index in [0.29, 0.717) is 12.3 Å². The monoisotopic (exact) mass is 458 g/mol. The highest BCUT2D eigenvalue weighted by molar-refractivity contribution is 6.22. The first-order chi connectivity index (χ1) is 16.1. The predicted octanol–water partition coefficient (Wildman–Crippen LogP) is 7.51. The third kappa shape index (κ3) is 5.04. The van der Waals surface area contributed by atoms with E-state index in [2.05, 4.69) is 16.3 Å². The Kier molecular flexibility index (Phi) is 7.01. The van der Waals surface area contributed by atoms with Crippen LogP contribution in [0, 0.1) is 0 Å². The largest absolute Gasteiger partial charge is 0.494 e. The normalized spacial score (nSPS) is 12.9. The third-order valence-corrected chi connectivity index (χ3v) is 5.59. The molecule has 0 heterocycles. The lowest BCUT2D eigenvalue weighted by molar-refractivity contribution is -0.136. The van der Waals surface area contributed by atoms with Crippen LogP contribution >= 0.6 is 11.6 Å². The molecule has 5 nitrogen and oxygen atoms in total. The van der Waals surface area contributed by atoms with Gasteiger partial charge in [0.15, 0.2) is 5.70 Å². The molecule has 1 unspecified atom stereocenters. The summed E-state index contributed by atoms with van der Waals surface area (Å²) in [6.07, 6.45) is 1.54. The van der Waals surface area contributed by atoms with Crippen molar-refractivity contribution in [2.45, 2.75) is 12.3 Å². The number of nitrogens with zero attached hydrogens (tertiary/aromatic N) is 2. The number of ether oxygens (including phenoxy) is 2. The van der Waals surface area contributed by atoms with Crippen LogP contribution in [0.3, 0.4) is 0 Å². The molecule has 0 aliphatic rings. The van der Waals surface area contributed by atoms with E-state index in [1.807, 2.05) is 79.7 Å². The second-order valence-corrected chi connectivity index (χ2v) is 7.78. The zero-order valence-corrected chi connectivity index (χ0v) is 19.1. The van der Waals surface area contributed by atoms with Gasteiger partial charge in [-0.3, -0.25) is 0 Å². The second-order valence-electron chi connectivity index (χ2n) is 7.31. The number of allylic oxidation sites excluding steroid dienone is 1. The number of rotatable bonds is 7. The maximum absolute atomic E-state index is 12.4. The lowest BCUT2D eigenvalue weighted by atomic mass is 10.0. The van der Waals surface area contributed by atoms with Crippen molar-refractivity contribution < 1.29 is 14.3 Å². The fourth-order valence-electron chi connectivity index (χ4n) is 3.60. The molecule has 166 valence electrons. The van der Waals surface area contributed by atoms with Gasteiger partial charge in [-0.05, 0) is 47.5 Å². The average molecular weight is 459 g/mol. The minimum atomic E-state index is -0.611. The standard InChI is InChI=1S/C27H23ClN2O3/c1-3-33-21-14-12-18(13-15-21)24(28)17-25(27(31)32-2)29-30-26-22-10-6-4-8-19(22)16-20-9-5-7-11-23(20)26/h4-17,24H,3H2,1-2H3. The predicted molar refractivity (Wildman–Crippen MR) is 132 cm³/mol. The van der Waals surface area contributed by atoms with E-state index in [1.54, 1.807) is 6.08 Å². The number of methoxy groups -OCH3 is 1. The zero-order valence-electron chi connectivity index (χ0n) is 18.4. The van der Waals surface area contributed by atoms with Crippen LogP contribution in [0.1, 0.15) is 17.9 Å². The molecule has 0 aliphatic heterocycles. The number of hydrogen-bond donors (Lipinski definition) is 0. The highest BCUT2D eigenvalue weighted by Gasteiger charge is 2.15. The smallest absolute Gasteiger partial charge is 0.358 e. The Morgan fingerprint density at radius 3 is 2.15 bits per heavy atom. The molecule has 0 bridgehead atoms. The molecule has 0 aliphatic carbocycles. The van der Waals surface area contributed by atoms with E-state index in [9.17, 15) is 4.79 Å². The van der Waals surface area contributed by atoms with Gasteiger partial charge >= 0.3 is 5.97 Å². The average Bonchev–Trinajstić information content (AvgIpc) is 2.85. The van der Waals surface area contributed by atoms with Gasteiger partial charge in [0.05, 0.1) is 19.1 Å². The van der Waals surface area contributed by atoms with Crippen molar-refractivity contribution in [1.82, 2.24) is 0 Å². The van der Waals surface area contributed by atoms with Gasteiger partial charge in [-0.1, -0.05) is 60.7 Å². The van der Waals surface area contributed by atoms with Gasteiger partial charge in [0.25, 0.3) is 0 Å². The number of hydrogen-bond acceptors (Lipinski definition) is 5. The number of carbonyl (C=O) groups is 1. The topological polar surface area (TPSA) is 60.2 Å². The molecule has 4 aromatic carbocycles. The molecule has 0 saturated heterocycles. The summed E-state index contributed by atoms with van der Waals surface area (Å²) in [5.74, 6) is 0.143. The van der Waals surface area contributed by atoms with Crippen molar-refractivity contribution in [2.24, 2.45) is 10.2 Å². The first-order valence-corrected chi connectivity index (χ1v) is 11.0. The molecule has 1 atom stereocenters. The van der Waals surface area contributed by atoms with Crippen LogP contribution < -0.4 is 4.74 Å². The Bertz CT molecular complexity index is 1290. The highest BCUT2D eigenvalue weighted by Crippen LogP contribution is 2.36. The second kappa shape index (κ2) is 10.3. The maximum Gasteiger partial charge on any atom is 0.358 e. The number of carbonyl (C=O) groups excluding carboxylic acids is 1. The molecule has 4 rings (SSSR count). The molecule has 6 heteroatoms. The molecule has 0 saturated carbocycles. The summed E-state index contributed by atoms with van der Waals surface area (Å²) in [6.45, 7) is 2.51. The van der Waals surface area contributed by atoms with Gasteiger partial charge in [0.2, 0.25) is 0 Å². The van der Waals surface area contributed by atoms with Crippen molar-refractivity contribution in [3.63, 3.8) is 0 Å². The first kappa shape index (κ1) is 22.5. The van der Waals surface area contributed by atoms with Gasteiger partial charge in [-0.15, -0.1) is 21.8 Å². The molecule has 0 spiro atoms. The molecule has 33 heavy (non-hydrogen) atoms. The Labute approximate surface area is 197 Å². The Balaban J connectivity index is 1.74. The summed E-state index contributed by atoms with van der Waals surface area (Å²) >= 11 is 6.58. The van der Waals surface area contributed by atoms with Crippen molar-refractivity contribution in [3.8, 4) is 5.75 Å². The first-order valence-electron chi connectivity index (χ1n) is 10.6. The van der Waals surface area contributed by atoms with Gasteiger partial charge in [0, 0.05) is 10.8 Å². The number of halogens is 1. The number of benzene rings is 4. The molecule has 0 aromatic heterocycles. The van der Waals surface area contributed by atoms with Gasteiger partial charge < -0.3 is 9.47 Å². The van der Waals surface area contributed by atoms with E-state index < -0.39 is 11.3 Å². The van der Waals surface area contributed by atoms with Crippen LogP contribution in [0.4, 0.5) is 5.69 Å². The van der Waals surface area contributed by atoms with Crippen molar-refractivity contribution in [1.29, 1.82) is 0 Å². The minimum absolute atomic E-state index is 0.0309. The Hall–Kier alpha value is -3.70. The summed E-state index contributed by atoms with van der Waals surface area (Å²) in [5.41, 5.74) is 1.52. The van der Waals surface area contributed by atoms with E-state index in [-0.39, 0.29) is 5.70 Å². The SMILES string of the molecule is CCOc1ccc(C(Cl)C=C(N=Nc2c3ccccc3cc3ccccc23)C(=O)OC)cc1. The highest BCUT2D eigenvalue weighted by atomic mass is 35.5. The summed E-state index contributed by atoms with van der Waals surface area (Å²) in [5, 5.41) is 12.1. The van der Waals surface area contributed by atoms with E-state index in [4.69, 9.17) is 21.1 Å². The summed E-state index contributed by atoms with van der Waals surface area (Å²) < 4.78 is 10.4. The maximum atomic E-state index is 12.4. The molecule has 0 radical (unpaired) electrons. The quantitative estimate of drug-likeness (QED) is 0.0945. The summed E-state index contributed by atoms with van der Waals surface area (Å²) in [4.78, 5) is 12.4. The molecule has 0 fully saturated rings. The fraction of sp³-hybridized carbons (Fsp3) is 0.148. The Morgan fingerprint density at radius 2 is 1.58 bits per heavy atom. The molecule has 4 aromatic rings. The summed E-state index contributed by atoms with van der Waals surface area (Å²) in [6, 6.07) is 25.4. The van der Waals surface area contributed by atoms with Gasteiger partial charge in [-0.25, -0.2) is 4.79 Å². The molecule has 0 amide bonds. The third-order valence-electron chi connectivity index (χ3n) is 5.21. The van der Waals surface area contributed by atoms with E-state index in [1.165, 1.54) is 7.11 Å². The van der Waals surface area contributed by atoms with Crippen LogP contribution in [0.5, 0.6) is 5.75 Å². The van der Waals surface area contributed by atoms with Crippen molar-refractivity contribution >= 4 is 44.8 Å². The van der Waals surface area contributed by atoms with Crippen LogP contribution in [-0.4, -0.2) is 19.7 Å². The van der Waals surface area contributed by atoms with Gasteiger partial charge in [0.1, 0.15) is 11.4 Å². The number of esters is 1. The Morgan fingerprint density at radius 1 is 0.970 bits per heavy atom. The molecular weight excluding hydrogens is 436 g/mol. The molecule has 0 N–H and O–H groups in total. The van der Waals surface area contributed by atoms with Gasteiger partial charge in [-0.2, -0.15) is 0 Å². The fourth-order valence-corrected chi connectivity index (χ4v) is 3.86.